The van der Waals surface area contributed by atoms with Crippen LogP contribution in [0.15, 0.2) is 39.9 Å². The average Bonchev–Trinajstić information content (AvgIpc) is 3.14. The molecule has 4 nitrogen and oxygen atoms in total. The van der Waals surface area contributed by atoms with Crippen molar-refractivity contribution in [1.82, 2.24) is 5.32 Å². The van der Waals surface area contributed by atoms with Crippen molar-refractivity contribution in [1.29, 1.82) is 0 Å². The van der Waals surface area contributed by atoms with Crippen molar-refractivity contribution in [3.63, 3.8) is 0 Å². The summed E-state index contributed by atoms with van der Waals surface area (Å²) in [5.74, 6) is 0.294. The Labute approximate surface area is 140 Å². The Balaban J connectivity index is 1.55. The summed E-state index contributed by atoms with van der Waals surface area (Å²) in [5, 5.41) is 4.49. The maximum Gasteiger partial charge on any atom is 0.252 e. The minimum atomic E-state index is -3.24. The van der Waals surface area contributed by atoms with Gasteiger partial charge in [0.15, 0.2) is 9.84 Å². The minimum Gasteiger partial charge on any atom is -0.352 e. The Hall–Kier alpha value is -1.66. The molecule has 0 radical (unpaired) electrons. The summed E-state index contributed by atoms with van der Waals surface area (Å²) >= 11 is 1.09. The Morgan fingerprint density at radius 3 is 2.87 bits per heavy atom. The molecule has 23 heavy (non-hydrogen) atoms. The Bertz CT molecular complexity index is 824. The van der Waals surface area contributed by atoms with Gasteiger partial charge in [0.05, 0.1) is 5.56 Å². The van der Waals surface area contributed by atoms with Crippen LogP contribution in [0.25, 0.3) is 0 Å². The lowest BCUT2D eigenvalue weighted by molar-refractivity contribution is 0.0953. The lowest BCUT2D eigenvalue weighted by atomic mass is 9.98. The van der Waals surface area contributed by atoms with Crippen LogP contribution in [0.1, 0.15) is 40.2 Å². The Morgan fingerprint density at radius 1 is 1.35 bits per heavy atom. The van der Waals surface area contributed by atoms with Gasteiger partial charge in [-0.3, -0.25) is 4.79 Å². The first-order valence-electron chi connectivity index (χ1n) is 7.60. The van der Waals surface area contributed by atoms with Crippen molar-refractivity contribution >= 4 is 27.1 Å². The van der Waals surface area contributed by atoms with Gasteiger partial charge in [0, 0.05) is 18.2 Å². The fourth-order valence-electron chi connectivity index (χ4n) is 3.04. The molecular weight excluding hydrogens is 330 g/mol. The predicted molar refractivity (Wildman–Crippen MR) is 91.9 cm³/mol. The van der Waals surface area contributed by atoms with Gasteiger partial charge in [-0.1, -0.05) is 24.3 Å². The lowest BCUT2D eigenvalue weighted by Gasteiger charge is -2.11. The van der Waals surface area contributed by atoms with Crippen LogP contribution in [0.4, 0.5) is 0 Å². The molecule has 0 saturated heterocycles. The zero-order chi connectivity index (χ0) is 16.4. The van der Waals surface area contributed by atoms with E-state index in [2.05, 4.69) is 29.6 Å². The van der Waals surface area contributed by atoms with Crippen LogP contribution in [0.5, 0.6) is 0 Å². The maximum absolute atomic E-state index is 12.1. The zero-order valence-corrected chi connectivity index (χ0v) is 14.5. The fraction of sp³-hybridized carbons (Fsp3) is 0.353. The third kappa shape index (κ3) is 3.64. The van der Waals surface area contributed by atoms with Crippen LogP contribution < -0.4 is 5.32 Å². The molecule has 0 aliphatic heterocycles. The fourth-order valence-corrected chi connectivity index (χ4v) is 4.84. The van der Waals surface area contributed by atoms with Crippen molar-refractivity contribution in [2.24, 2.45) is 0 Å². The highest BCUT2D eigenvalue weighted by atomic mass is 32.2. The molecule has 0 unspecified atom stereocenters. The molecule has 0 saturated carbocycles. The summed E-state index contributed by atoms with van der Waals surface area (Å²) in [5.41, 5.74) is 3.23. The van der Waals surface area contributed by atoms with Crippen molar-refractivity contribution in [2.75, 3.05) is 12.8 Å². The van der Waals surface area contributed by atoms with E-state index >= 15 is 0 Å². The van der Waals surface area contributed by atoms with E-state index in [1.54, 1.807) is 5.38 Å². The molecule has 1 atom stereocenters. The minimum absolute atomic E-state index is 0.206. The SMILES string of the molecule is CS(=O)(=O)c1cc(C(=O)NCC[C@H]2CCc3ccccc32)cs1. The highest BCUT2D eigenvalue weighted by Gasteiger charge is 2.21. The number of rotatable bonds is 5. The molecule has 0 bridgehead atoms. The number of hydrogen-bond acceptors (Lipinski definition) is 4. The molecule has 3 rings (SSSR count). The van der Waals surface area contributed by atoms with Crippen molar-refractivity contribution in [3.8, 4) is 0 Å². The standard InChI is InChI=1S/C17H19NO3S2/c1-23(20,21)16-10-14(11-22-16)17(19)18-9-8-13-7-6-12-4-2-3-5-15(12)13/h2-5,10-11,13H,6-9H2,1H3,(H,18,19)/t13-/m1/s1. The molecule has 122 valence electrons. The molecule has 0 spiro atoms. The molecule has 1 aliphatic carbocycles. The summed E-state index contributed by atoms with van der Waals surface area (Å²) < 4.78 is 23.1. The number of amides is 1. The van der Waals surface area contributed by atoms with Crippen LogP contribution in [0.3, 0.4) is 0 Å². The largest absolute Gasteiger partial charge is 0.352 e. The van der Waals surface area contributed by atoms with Crippen LogP contribution in [0.2, 0.25) is 0 Å². The first kappa shape index (κ1) is 16.2. The second-order valence-electron chi connectivity index (χ2n) is 5.91. The summed E-state index contributed by atoms with van der Waals surface area (Å²) in [6.07, 6.45) is 4.30. The number of aryl methyl sites for hydroxylation is 1. The van der Waals surface area contributed by atoms with Gasteiger partial charge in [-0.15, -0.1) is 11.3 Å². The second-order valence-corrected chi connectivity index (χ2v) is 9.06. The van der Waals surface area contributed by atoms with Crippen molar-refractivity contribution < 1.29 is 13.2 Å². The van der Waals surface area contributed by atoms with Crippen molar-refractivity contribution in [2.45, 2.75) is 29.4 Å². The number of nitrogens with one attached hydrogen (secondary N) is 1. The van der Waals surface area contributed by atoms with Crippen LogP contribution in [-0.2, 0) is 16.3 Å². The van der Waals surface area contributed by atoms with E-state index in [1.165, 1.54) is 17.2 Å². The van der Waals surface area contributed by atoms with Gasteiger partial charge in [-0.05, 0) is 42.4 Å². The van der Waals surface area contributed by atoms with E-state index in [9.17, 15) is 13.2 Å². The maximum atomic E-state index is 12.1. The average molecular weight is 349 g/mol. The second kappa shape index (κ2) is 6.45. The molecule has 1 N–H and O–H groups in total. The molecule has 1 amide bonds. The normalized spacial score (nSPS) is 17.0. The number of thiophene rings is 1. The summed E-state index contributed by atoms with van der Waals surface area (Å²) in [4.78, 5) is 12.1. The van der Waals surface area contributed by atoms with Crippen LogP contribution in [-0.4, -0.2) is 27.1 Å². The van der Waals surface area contributed by atoms with E-state index in [0.29, 0.717) is 18.0 Å². The lowest BCUT2D eigenvalue weighted by Crippen LogP contribution is -2.25. The Kier molecular flexibility index (Phi) is 4.55. The first-order valence-corrected chi connectivity index (χ1v) is 10.4. The molecule has 1 heterocycles. The van der Waals surface area contributed by atoms with Gasteiger partial charge in [0.25, 0.3) is 5.91 Å². The molecule has 6 heteroatoms. The molecular formula is C17H19NO3S2. The highest BCUT2D eigenvalue weighted by Crippen LogP contribution is 2.34. The van der Waals surface area contributed by atoms with Gasteiger partial charge in [-0.25, -0.2) is 8.42 Å². The molecule has 1 aliphatic rings. The number of benzene rings is 1. The molecule has 1 aromatic heterocycles. The highest BCUT2D eigenvalue weighted by molar-refractivity contribution is 7.92. The topological polar surface area (TPSA) is 63.2 Å². The number of hydrogen-bond donors (Lipinski definition) is 1. The first-order chi connectivity index (χ1) is 10.9. The quantitative estimate of drug-likeness (QED) is 0.902. The van der Waals surface area contributed by atoms with Gasteiger partial charge in [0.2, 0.25) is 0 Å². The summed E-state index contributed by atoms with van der Waals surface area (Å²) in [6, 6.07) is 9.92. The predicted octanol–water partition coefficient (Wildman–Crippen LogP) is 3.00. The number of fused-ring (bicyclic) bond motifs is 1. The third-order valence-corrected chi connectivity index (χ3v) is 7.01. The zero-order valence-electron chi connectivity index (χ0n) is 12.9. The van der Waals surface area contributed by atoms with Crippen LogP contribution >= 0.6 is 11.3 Å². The Morgan fingerprint density at radius 2 is 2.13 bits per heavy atom. The van der Waals surface area contributed by atoms with E-state index < -0.39 is 9.84 Å². The summed E-state index contributed by atoms with van der Waals surface area (Å²) in [6.45, 7) is 0.599. The molecule has 2 aromatic rings. The van der Waals surface area contributed by atoms with E-state index in [-0.39, 0.29) is 10.1 Å². The van der Waals surface area contributed by atoms with Gasteiger partial charge >= 0.3 is 0 Å². The number of carbonyl (C=O) groups is 1. The summed E-state index contributed by atoms with van der Waals surface area (Å²) in [7, 11) is -3.24. The van der Waals surface area contributed by atoms with E-state index in [4.69, 9.17) is 0 Å². The number of sulfone groups is 1. The smallest absolute Gasteiger partial charge is 0.252 e. The third-order valence-electron chi connectivity index (χ3n) is 4.24. The van der Waals surface area contributed by atoms with E-state index in [0.717, 1.165) is 36.9 Å². The monoisotopic (exact) mass is 349 g/mol. The number of carbonyl (C=O) groups excluding carboxylic acids is 1. The molecule has 0 fully saturated rings. The van der Waals surface area contributed by atoms with Crippen molar-refractivity contribution in [3.05, 3.63) is 52.4 Å². The van der Waals surface area contributed by atoms with Gasteiger partial charge in [0.1, 0.15) is 4.21 Å². The van der Waals surface area contributed by atoms with Gasteiger partial charge in [-0.2, -0.15) is 0 Å². The van der Waals surface area contributed by atoms with Crippen LogP contribution in [0, 0.1) is 0 Å². The molecule has 1 aromatic carbocycles. The van der Waals surface area contributed by atoms with E-state index in [1.807, 2.05) is 0 Å². The van der Waals surface area contributed by atoms with Gasteiger partial charge < -0.3 is 5.32 Å².